The number of ether oxygens (including phenoxy) is 2. The summed E-state index contributed by atoms with van der Waals surface area (Å²) in [6.45, 7) is 8.65. The molecule has 0 bridgehead atoms. The number of rotatable bonds is 7. The van der Waals surface area contributed by atoms with Crippen LogP contribution in [0, 0.1) is 0 Å². The molecule has 0 amide bonds. The average molecular weight is 674 g/mol. The van der Waals surface area contributed by atoms with Crippen molar-refractivity contribution >= 4 is 55.5 Å². The second kappa shape index (κ2) is 11.3. The monoisotopic (exact) mass is 676 g/mol. The molecule has 0 unspecified atom stereocenters. The standard InChI is InChI=1S/C25H29N2O2Se2.HI/c1-6-17(13-24-26(7-2)20-15-18(28-4)9-11-22(20)30-24)14-25-27(8-3)21-16-19(29-5)10-12-23(21)31-25;/h9-16H,6-8H2,1-5H3;1H/q+1;/p-1. The first-order valence-corrected chi connectivity index (χ1v) is 14.1. The Morgan fingerprint density at radius 2 is 1.75 bits per heavy atom. The number of benzene rings is 2. The molecule has 4 rings (SSSR count). The third kappa shape index (κ3) is 4.97. The van der Waals surface area contributed by atoms with E-state index in [0.29, 0.717) is 29.5 Å². The predicted molar refractivity (Wildman–Crippen MR) is 131 cm³/mol. The molecule has 170 valence electrons. The van der Waals surface area contributed by atoms with Crippen LogP contribution in [0.25, 0.3) is 15.9 Å². The molecule has 0 saturated carbocycles. The van der Waals surface area contributed by atoms with Crippen molar-refractivity contribution in [2.75, 3.05) is 25.7 Å². The quantitative estimate of drug-likeness (QED) is 0.210. The third-order valence-corrected chi connectivity index (χ3v) is 10.2. The summed E-state index contributed by atoms with van der Waals surface area (Å²) in [6, 6.07) is 13.0. The Balaban J connectivity index is 0.00000289. The summed E-state index contributed by atoms with van der Waals surface area (Å²) >= 11 is 0.635. The van der Waals surface area contributed by atoms with E-state index in [-0.39, 0.29) is 24.0 Å². The van der Waals surface area contributed by atoms with Crippen molar-refractivity contribution in [2.45, 2.75) is 33.7 Å². The summed E-state index contributed by atoms with van der Waals surface area (Å²) in [5, 5.41) is 0. The van der Waals surface area contributed by atoms with Gasteiger partial charge in [0.2, 0.25) is 0 Å². The zero-order chi connectivity index (χ0) is 22.0. The van der Waals surface area contributed by atoms with Crippen LogP contribution < -0.4 is 47.4 Å². The van der Waals surface area contributed by atoms with E-state index in [0.717, 1.165) is 31.0 Å². The first-order valence-electron chi connectivity index (χ1n) is 10.7. The maximum absolute atomic E-state index is 5.46. The number of methoxy groups -OCH3 is 2. The first-order chi connectivity index (χ1) is 15.1. The Labute approximate surface area is 220 Å². The fourth-order valence-corrected chi connectivity index (χ4v) is 8.81. The van der Waals surface area contributed by atoms with Crippen molar-refractivity contribution in [3.63, 3.8) is 0 Å². The van der Waals surface area contributed by atoms with E-state index in [1.807, 2.05) is 0 Å². The van der Waals surface area contributed by atoms with Gasteiger partial charge < -0.3 is 24.0 Å². The molecule has 1 aliphatic heterocycles. The fraction of sp³-hybridized carbons (Fsp3) is 0.320. The molecule has 32 heavy (non-hydrogen) atoms. The van der Waals surface area contributed by atoms with Gasteiger partial charge in [-0.3, -0.25) is 0 Å². The van der Waals surface area contributed by atoms with Crippen LogP contribution in [-0.2, 0) is 6.54 Å². The van der Waals surface area contributed by atoms with E-state index < -0.39 is 0 Å². The molecule has 4 nitrogen and oxygen atoms in total. The molecule has 0 atom stereocenters. The van der Waals surface area contributed by atoms with Gasteiger partial charge >= 0.3 is 198 Å². The summed E-state index contributed by atoms with van der Waals surface area (Å²) in [5.41, 5.74) is 4.00. The molecule has 1 aliphatic rings. The topological polar surface area (TPSA) is 25.6 Å². The summed E-state index contributed by atoms with van der Waals surface area (Å²) in [4.78, 5) is 2.45. The Kier molecular flexibility index (Phi) is 8.93. The molecular formula is C25H29IN2O2Se2. The Bertz CT molecular complexity index is 1170. The van der Waals surface area contributed by atoms with Gasteiger partial charge in [0.05, 0.1) is 0 Å². The van der Waals surface area contributed by atoms with Crippen LogP contribution >= 0.6 is 0 Å². The number of aromatic nitrogens is 1. The normalized spacial score (nSPS) is 14.6. The molecule has 0 spiro atoms. The predicted octanol–water partition coefficient (Wildman–Crippen LogP) is 0.730. The van der Waals surface area contributed by atoms with Crippen LogP contribution in [0.15, 0.2) is 52.6 Å². The summed E-state index contributed by atoms with van der Waals surface area (Å²) < 4.78 is 19.1. The van der Waals surface area contributed by atoms with E-state index >= 15 is 0 Å². The summed E-state index contributed by atoms with van der Waals surface area (Å²) in [7, 11) is 3.47. The number of allylic oxidation sites excluding steroid dienone is 2. The van der Waals surface area contributed by atoms with E-state index in [1.54, 1.807) is 14.2 Å². The molecule has 0 N–H and O–H groups in total. The second-order valence-corrected chi connectivity index (χ2v) is 11.7. The fourth-order valence-electron chi connectivity index (χ4n) is 3.85. The van der Waals surface area contributed by atoms with Crippen molar-refractivity contribution in [1.82, 2.24) is 0 Å². The number of halogens is 1. The molecule has 0 saturated heterocycles. The SMILES string of the molecule is CCC(=C/c1[se]c2ccc(OC)cc2[n+]1CC)/C=C1\[Se]c2ccc(OC)cc2N1CC.[I-]. The molecule has 7 heteroatoms. The van der Waals surface area contributed by atoms with Gasteiger partial charge in [-0.1, -0.05) is 0 Å². The van der Waals surface area contributed by atoms with Crippen LogP contribution in [0.1, 0.15) is 31.8 Å². The minimum Gasteiger partial charge on any atom is -1.00 e. The third-order valence-electron chi connectivity index (χ3n) is 5.53. The maximum atomic E-state index is 5.46. The Morgan fingerprint density at radius 1 is 1.03 bits per heavy atom. The molecule has 2 heterocycles. The van der Waals surface area contributed by atoms with Crippen LogP contribution in [0.3, 0.4) is 0 Å². The summed E-state index contributed by atoms with van der Waals surface area (Å²) in [6.07, 6.45) is 5.88. The van der Waals surface area contributed by atoms with Gasteiger partial charge in [0.15, 0.2) is 0 Å². The van der Waals surface area contributed by atoms with Crippen molar-refractivity contribution in [3.8, 4) is 11.5 Å². The van der Waals surface area contributed by atoms with Crippen LogP contribution in [0.4, 0.5) is 5.69 Å². The molecule has 3 aromatic rings. The number of aryl methyl sites for hydroxylation is 1. The molecular weight excluding hydrogens is 645 g/mol. The van der Waals surface area contributed by atoms with Gasteiger partial charge in [0.25, 0.3) is 0 Å². The van der Waals surface area contributed by atoms with Crippen molar-refractivity contribution in [3.05, 3.63) is 57.2 Å². The Morgan fingerprint density at radius 3 is 2.41 bits per heavy atom. The van der Waals surface area contributed by atoms with Crippen LogP contribution in [0.2, 0.25) is 0 Å². The zero-order valence-corrected chi connectivity index (χ0v) is 24.7. The number of hydrogen-bond acceptors (Lipinski definition) is 3. The average Bonchev–Trinajstić information content (AvgIpc) is 3.33. The van der Waals surface area contributed by atoms with Crippen LogP contribution in [-0.4, -0.2) is 50.2 Å². The van der Waals surface area contributed by atoms with E-state index in [1.165, 1.54) is 34.7 Å². The number of hydrogen-bond donors (Lipinski definition) is 0. The van der Waals surface area contributed by atoms with Crippen molar-refractivity contribution in [2.24, 2.45) is 0 Å². The maximum Gasteiger partial charge on any atom is -1.00 e. The molecule has 1 aromatic heterocycles. The van der Waals surface area contributed by atoms with Gasteiger partial charge in [0, 0.05) is 0 Å². The number of anilines is 1. The second-order valence-electron chi connectivity index (χ2n) is 7.25. The van der Waals surface area contributed by atoms with E-state index in [2.05, 4.69) is 78.8 Å². The van der Waals surface area contributed by atoms with Crippen LogP contribution in [0.5, 0.6) is 11.5 Å². The smallest absolute Gasteiger partial charge is 1.00 e. The summed E-state index contributed by atoms with van der Waals surface area (Å²) in [5.74, 6) is 1.85. The van der Waals surface area contributed by atoms with Crippen molar-refractivity contribution < 1.29 is 38.0 Å². The Hall–Kier alpha value is -1.24. The van der Waals surface area contributed by atoms with Gasteiger partial charge in [0.1, 0.15) is 0 Å². The molecule has 0 aliphatic carbocycles. The molecule has 0 radical (unpaired) electrons. The first kappa shape index (κ1) is 25.4. The van der Waals surface area contributed by atoms with Gasteiger partial charge in [-0.25, -0.2) is 0 Å². The van der Waals surface area contributed by atoms with Crippen molar-refractivity contribution in [1.29, 1.82) is 0 Å². The van der Waals surface area contributed by atoms with Gasteiger partial charge in [-0.2, -0.15) is 0 Å². The number of nitrogens with zero attached hydrogens (tertiary/aromatic N) is 2. The largest absolute Gasteiger partial charge is 1.00 e. The zero-order valence-electron chi connectivity index (χ0n) is 19.1. The minimum absolute atomic E-state index is 0. The van der Waals surface area contributed by atoms with Gasteiger partial charge in [-0.05, 0) is 0 Å². The van der Waals surface area contributed by atoms with E-state index in [9.17, 15) is 0 Å². The number of fused-ring (bicyclic) bond motifs is 2. The molecule has 0 fully saturated rings. The van der Waals surface area contributed by atoms with Gasteiger partial charge in [-0.15, -0.1) is 0 Å². The minimum atomic E-state index is 0. The molecule has 2 aromatic carbocycles. The van der Waals surface area contributed by atoms with E-state index in [4.69, 9.17) is 9.47 Å².